The number of carbonyl (C=O) groups is 5. The average molecular weight is 489 g/mol. The van der Waals surface area contributed by atoms with E-state index in [9.17, 15) is 24.0 Å². The van der Waals surface area contributed by atoms with Gasteiger partial charge in [0.05, 0.1) is 0 Å². The summed E-state index contributed by atoms with van der Waals surface area (Å²) in [5, 5.41) is 0. The molecule has 0 N–H and O–H groups in total. The van der Waals surface area contributed by atoms with E-state index < -0.39 is 47.4 Å². The minimum absolute atomic E-state index is 0.00859. The van der Waals surface area contributed by atoms with Crippen molar-refractivity contribution in [3.05, 3.63) is 11.6 Å². The molecule has 3 saturated carbocycles. The molecule has 0 saturated heterocycles. The Labute approximate surface area is 206 Å². The number of ether oxygens (including phenoxy) is 3. The van der Waals surface area contributed by atoms with E-state index in [1.165, 1.54) is 20.8 Å². The van der Waals surface area contributed by atoms with E-state index in [1.807, 2.05) is 6.92 Å². The van der Waals surface area contributed by atoms with Crippen LogP contribution in [0.15, 0.2) is 11.6 Å². The molecule has 35 heavy (non-hydrogen) atoms. The maximum Gasteiger partial charge on any atom is 0.303 e. The Morgan fingerprint density at radius 3 is 2.31 bits per heavy atom. The Morgan fingerprint density at radius 1 is 0.971 bits per heavy atom. The van der Waals surface area contributed by atoms with Crippen molar-refractivity contribution in [3.63, 3.8) is 0 Å². The Balaban J connectivity index is 1.79. The van der Waals surface area contributed by atoms with E-state index in [4.69, 9.17) is 14.2 Å². The van der Waals surface area contributed by atoms with Crippen LogP contribution >= 0.6 is 0 Å². The Hall–Kier alpha value is -2.51. The highest BCUT2D eigenvalue weighted by atomic mass is 16.6. The van der Waals surface area contributed by atoms with Crippen LogP contribution < -0.4 is 0 Å². The van der Waals surface area contributed by atoms with Crippen LogP contribution in [0, 0.1) is 28.6 Å². The van der Waals surface area contributed by atoms with Crippen LogP contribution in [0.1, 0.15) is 79.6 Å². The number of hydrogen-bond donors (Lipinski definition) is 0. The third-order valence-corrected chi connectivity index (χ3v) is 9.49. The molecule has 7 atom stereocenters. The summed E-state index contributed by atoms with van der Waals surface area (Å²) in [6.07, 6.45) is 5.44. The minimum Gasteiger partial charge on any atom is -0.462 e. The largest absolute Gasteiger partial charge is 0.462 e. The molecule has 4 aliphatic rings. The molecule has 0 aromatic carbocycles. The van der Waals surface area contributed by atoms with Crippen LogP contribution in [-0.2, 0) is 38.2 Å². The zero-order valence-corrected chi connectivity index (χ0v) is 21.3. The van der Waals surface area contributed by atoms with Crippen LogP contribution in [0.25, 0.3) is 0 Å². The Kier molecular flexibility index (Phi) is 6.47. The van der Waals surface area contributed by atoms with Crippen LogP contribution in [0.2, 0.25) is 0 Å². The molecule has 8 nitrogen and oxygen atoms in total. The summed E-state index contributed by atoms with van der Waals surface area (Å²) < 4.78 is 16.9. The molecule has 0 aromatic heterocycles. The van der Waals surface area contributed by atoms with Gasteiger partial charge in [-0.1, -0.05) is 19.4 Å². The smallest absolute Gasteiger partial charge is 0.303 e. The number of hydrogen-bond acceptors (Lipinski definition) is 8. The van der Waals surface area contributed by atoms with Gasteiger partial charge in [0.2, 0.25) is 5.78 Å². The monoisotopic (exact) mass is 488 g/mol. The average Bonchev–Trinajstić information content (AvgIpc) is 3.04. The van der Waals surface area contributed by atoms with Crippen molar-refractivity contribution in [3.8, 4) is 0 Å². The van der Waals surface area contributed by atoms with Gasteiger partial charge in [-0.15, -0.1) is 0 Å². The summed E-state index contributed by atoms with van der Waals surface area (Å²) in [7, 11) is 0. The van der Waals surface area contributed by atoms with Crippen LogP contribution in [0.3, 0.4) is 0 Å². The van der Waals surface area contributed by atoms with Crippen LogP contribution in [0.5, 0.6) is 0 Å². The topological polar surface area (TPSA) is 113 Å². The van der Waals surface area contributed by atoms with Crippen molar-refractivity contribution in [2.75, 3.05) is 6.61 Å². The van der Waals surface area contributed by atoms with Crippen molar-refractivity contribution in [2.45, 2.75) is 91.3 Å². The molecular weight excluding hydrogens is 452 g/mol. The second kappa shape index (κ2) is 8.86. The van der Waals surface area contributed by atoms with E-state index in [0.29, 0.717) is 32.1 Å². The van der Waals surface area contributed by atoms with Gasteiger partial charge in [0.15, 0.2) is 18.0 Å². The number of rotatable bonds is 5. The molecule has 0 aliphatic heterocycles. The van der Waals surface area contributed by atoms with Crippen molar-refractivity contribution >= 4 is 29.5 Å². The van der Waals surface area contributed by atoms with Gasteiger partial charge in [0.25, 0.3) is 0 Å². The fraction of sp³-hybridized carbons (Fsp3) is 0.741. The molecule has 0 heterocycles. The molecular formula is C27H36O8. The quantitative estimate of drug-likeness (QED) is 0.427. The standard InChI is InChI=1S/C27H36O8/c1-15(28)33-14-23(32)27(35-17(3)30)11-9-21-20-7-6-18-12-19(31)8-10-25(18,4)24(20)22(34-16(2)29)13-26(21,27)5/h12,20-22,24H,6-11,13-14H2,1-5H3/t20?,21?,22?,24?,25?,26?,27-/m0/s1. The lowest BCUT2D eigenvalue weighted by Crippen LogP contribution is -2.63. The first-order valence-electron chi connectivity index (χ1n) is 12.6. The van der Waals surface area contributed by atoms with Gasteiger partial charge in [0.1, 0.15) is 6.10 Å². The molecule has 0 aromatic rings. The maximum absolute atomic E-state index is 13.6. The van der Waals surface area contributed by atoms with Crippen LogP contribution in [-0.4, -0.2) is 47.8 Å². The molecule has 4 rings (SSSR count). The molecule has 8 heteroatoms. The summed E-state index contributed by atoms with van der Waals surface area (Å²) in [5.74, 6) is -1.64. The van der Waals surface area contributed by atoms with Crippen molar-refractivity contribution in [1.29, 1.82) is 0 Å². The summed E-state index contributed by atoms with van der Waals surface area (Å²) in [4.78, 5) is 61.7. The highest BCUT2D eigenvalue weighted by Crippen LogP contribution is 2.68. The molecule has 0 spiro atoms. The van der Waals surface area contributed by atoms with Gasteiger partial charge >= 0.3 is 17.9 Å². The van der Waals surface area contributed by atoms with Gasteiger partial charge in [-0.25, -0.2) is 0 Å². The molecule has 0 radical (unpaired) electrons. The molecule has 6 unspecified atom stereocenters. The first-order valence-corrected chi connectivity index (χ1v) is 12.6. The van der Waals surface area contributed by atoms with E-state index in [1.54, 1.807) is 6.08 Å². The minimum atomic E-state index is -1.46. The molecule has 0 bridgehead atoms. The van der Waals surface area contributed by atoms with Gasteiger partial charge in [0, 0.05) is 38.5 Å². The second-order valence-electron chi connectivity index (χ2n) is 11.3. The van der Waals surface area contributed by atoms with Crippen molar-refractivity contribution < 1.29 is 38.2 Å². The lowest BCUT2D eigenvalue weighted by molar-refractivity contribution is -0.208. The molecule has 3 fully saturated rings. The predicted molar refractivity (Wildman–Crippen MR) is 124 cm³/mol. The highest BCUT2D eigenvalue weighted by Gasteiger charge is 2.71. The van der Waals surface area contributed by atoms with Gasteiger partial charge in [-0.05, 0) is 61.9 Å². The fourth-order valence-electron chi connectivity index (χ4n) is 8.17. The van der Waals surface area contributed by atoms with E-state index in [-0.39, 0.29) is 29.0 Å². The summed E-state index contributed by atoms with van der Waals surface area (Å²) in [6, 6.07) is 0. The van der Waals surface area contributed by atoms with Gasteiger partial charge in [-0.2, -0.15) is 0 Å². The summed E-state index contributed by atoms with van der Waals surface area (Å²) in [6.45, 7) is 7.57. The third kappa shape index (κ3) is 4.02. The first-order chi connectivity index (χ1) is 16.3. The van der Waals surface area contributed by atoms with E-state index in [2.05, 4.69) is 6.92 Å². The normalized spacial score (nSPS) is 39.9. The predicted octanol–water partition coefficient (Wildman–Crippen LogP) is 3.49. The number of allylic oxidation sites excluding steroid dienone is 1. The SMILES string of the molecule is CC(=O)OCC(=O)[C@@]1(OC(C)=O)CCC2C3CCC4=CC(=O)CCC4(C)C3C(OC(C)=O)CC21C. The van der Waals surface area contributed by atoms with E-state index in [0.717, 1.165) is 18.4 Å². The number of fused-ring (bicyclic) bond motifs is 5. The number of Topliss-reactive ketones (excluding diaryl/α,β-unsaturated/α-hetero) is 1. The van der Waals surface area contributed by atoms with E-state index >= 15 is 0 Å². The second-order valence-corrected chi connectivity index (χ2v) is 11.3. The number of esters is 3. The zero-order chi connectivity index (χ0) is 25.8. The summed E-state index contributed by atoms with van der Waals surface area (Å²) >= 11 is 0. The molecule has 192 valence electrons. The molecule has 0 amide bonds. The van der Waals surface area contributed by atoms with Crippen LogP contribution in [0.4, 0.5) is 0 Å². The zero-order valence-electron chi connectivity index (χ0n) is 21.3. The lowest BCUT2D eigenvalue weighted by Gasteiger charge is -2.61. The lowest BCUT2D eigenvalue weighted by atomic mass is 9.45. The summed E-state index contributed by atoms with van der Waals surface area (Å²) in [5.41, 5.74) is -1.39. The maximum atomic E-state index is 13.6. The van der Waals surface area contributed by atoms with Gasteiger partial charge < -0.3 is 14.2 Å². The molecule has 4 aliphatic carbocycles. The highest BCUT2D eigenvalue weighted by molar-refractivity contribution is 5.93. The Bertz CT molecular complexity index is 997. The number of carbonyl (C=O) groups excluding carboxylic acids is 5. The fourth-order valence-corrected chi connectivity index (χ4v) is 8.17. The Morgan fingerprint density at radius 2 is 1.69 bits per heavy atom. The first kappa shape index (κ1) is 25.6. The third-order valence-electron chi connectivity index (χ3n) is 9.49. The van der Waals surface area contributed by atoms with Gasteiger partial charge in [-0.3, -0.25) is 24.0 Å². The van der Waals surface area contributed by atoms with Crippen molar-refractivity contribution in [1.82, 2.24) is 0 Å². The van der Waals surface area contributed by atoms with Crippen molar-refractivity contribution in [2.24, 2.45) is 28.6 Å². The number of ketones is 2.